The van der Waals surface area contributed by atoms with Crippen LogP contribution in [-0.4, -0.2) is 34.1 Å². The molecule has 1 fully saturated rings. The molecule has 0 aromatic heterocycles. The maximum atomic E-state index is 12.6. The van der Waals surface area contributed by atoms with Gasteiger partial charge in [0.25, 0.3) is 0 Å². The molecule has 3 rings (SSSR count). The van der Waals surface area contributed by atoms with Crippen LogP contribution in [0.2, 0.25) is 5.02 Å². The normalized spacial score (nSPS) is 16.5. The number of hydrogen-bond acceptors (Lipinski definition) is 4. The number of ether oxygens (including phenoxy) is 1. The topological polar surface area (TPSA) is 113 Å². The van der Waals surface area contributed by atoms with Crippen LogP contribution < -0.4 is 10.1 Å². The van der Waals surface area contributed by atoms with E-state index in [1.165, 1.54) is 30.3 Å². The molecular formula is C20H17ClF3NO6. The fraction of sp³-hybridized carbons (Fsp3) is 0.250. The predicted molar refractivity (Wildman–Crippen MR) is 103 cm³/mol. The standard InChI is InChI=1S/C15H10ClF3O3.C5H7NO3/c16-11-6-4-9(5-7-11)13(14(20)21)22-12-3-1-2-10(8-12)15(17,18)19;7-4-2-1-3(6-4)5(8)9/h1-8,13H,(H,20,21);3H,1-2H2,(H,6,7)(H,8,9)/t13-;3-/m10/s1. The molecule has 0 bridgehead atoms. The lowest BCUT2D eigenvalue weighted by Gasteiger charge is -2.16. The zero-order chi connectivity index (χ0) is 23.2. The predicted octanol–water partition coefficient (Wildman–Crippen LogP) is 3.91. The van der Waals surface area contributed by atoms with Crippen LogP contribution in [-0.2, 0) is 20.6 Å². The third-order valence-corrected chi connectivity index (χ3v) is 4.36. The Bertz CT molecular complexity index is 949. The van der Waals surface area contributed by atoms with Crippen LogP contribution in [0, 0.1) is 0 Å². The van der Waals surface area contributed by atoms with Gasteiger partial charge in [-0.2, -0.15) is 13.2 Å². The highest BCUT2D eigenvalue weighted by atomic mass is 35.5. The molecule has 0 aliphatic carbocycles. The summed E-state index contributed by atoms with van der Waals surface area (Å²) in [6.07, 6.45) is -5.19. The van der Waals surface area contributed by atoms with E-state index in [4.69, 9.17) is 21.4 Å². The van der Waals surface area contributed by atoms with E-state index in [-0.39, 0.29) is 17.2 Å². The summed E-state index contributed by atoms with van der Waals surface area (Å²) in [6.45, 7) is 0. The Balaban J connectivity index is 0.000000316. The Hall–Kier alpha value is -3.27. The summed E-state index contributed by atoms with van der Waals surface area (Å²) in [7, 11) is 0. The molecule has 2 aromatic rings. The van der Waals surface area contributed by atoms with Crippen LogP contribution in [0.4, 0.5) is 13.2 Å². The number of rotatable bonds is 5. The zero-order valence-electron chi connectivity index (χ0n) is 15.7. The van der Waals surface area contributed by atoms with Gasteiger partial charge in [-0.3, -0.25) is 4.79 Å². The van der Waals surface area contributed by atoms with Crippen molar-refractivity contribution in [3.63, 3.8) is 0 Å². The number of carboxylic acids is 2. The molecule has 0 radical (unpaired) electrons. The minimum Gasteiger partial charge on any atom is -0.480 e. The molecule has 1 heterocycles. The number of amides is 1. The van der Waals surface area contributed by atoms with Crippen molar-refractivity contribution >= 4 is 29.4 Å². The van der Waals surface area contributed by atoms with E-state index in [9.17, 15) is 32.7 Å². The summed E-state index contributed by atoms with van der Waals surface area (Å²) in [6, 6.07) is 9.24. The molecule has 2 aromatic carbocycles. The second kappa shape index (κ2) is 10.2. The Kier molecular flexibility index (Phi) is 7.87. The van der Waals surface area contributed by atoms with Gasteiger partial charge in [0, 0.05) is 17.0 Å². The zero-order valence-corrected chi connectivity index (χ0v) is 16.5. The van der Waals surface area contributed by atoms with Gasteiger partial charge in [0.2, 0.25) is 12.0 Å². The number of alkyl halides is 3. The minimum atomic E-state index is -4.53. The number of benzene rings is 2. The summed E-state index contributed by atoms with van der Waals surface area (Å²) >= 11 is 5.71. The smallest absolute Gasteiger partial charge is 0.416 e. The third kappa shape index (κ3) is 7.18. The highest BCUT2D eigenvalue weighted by molar-refractivity contribution is 6.30. The first kappa shape index (κ1) is 24.0. The highest BCUT2D eigenvalue weighted by Crippen LogP contribution is 2.32. The van der Waals surface area contributed by atoms with Crippen molar-refractivity contribution in [2.75, 3.05) is 0 Å². The second-order valence-corrected chi connectivity index (χ2v) is 6.85. The molecule has 0 unspecified atom stereocenters. The van der Waals surface area contributed by atoms with Gasteiger partial charge in [-0.15, -0.1) is 0 Å². The summed E-state index contributed by atoms with van der Waals surface area (Å²) < 4.78 is 43.1. The molecular weight excluding hydrogens is 443 g/mol. The Morgan fingerprint density at radius 1 is 1.13 bits per heavy atom. The van der Waals surface area contributed by atoms with E-state index < -0.39 is 35.8 Å². The number of hydrogen-bond donors (Lipinski definition) is 3. The largest absolute Gasteiger partial charge is 0.480 e. The van der Waals surface area contributed by atoms with E-state index in [0.29, 0.717) is 17.9 Å². The molecule has 1 aliphatic rings. The van der Waals surface area contributed by atoms with Crippen LogP contribution in [0.5, 0.6) is 5.75 Å². The van der Waals surface area contributed by atoms with Crippen LogP contribution in [0.15, 0.2) is 48.5 Å². The van der Waals surface area contributed by atoms with Crippen LogP contribution in [0.1, 0.15) is 30.1 Å². The number of carboxylic acid groups (broad SMARTS) is 2. The molecule has 0 spiro atoms. The summed E-state index contributed by atoms with van der Waals surface area (Å²) in [5.74, 6) is -2.61. The monoisotopic (exact) mass is 459 g/mol. The van der Waals surface area contributed by atoms with Crippen molar-refractivity contribution in [2.24, 2.45) is 0 Å². The first-order chi connectivity index (χ1) is 14.5. The van der Waals surface area contributed by atoms with Gasteiger partial charge < -0.3 is 20.3 Å². The van der Waals surface area contributed by atoms with Crippen LogP contribution >= 0.6 is 11.6 Å². The number of halogens is 4. The van der Waals surface area contributed by atoms with E-state index in [1.807, 2.05) is 0 Å². The highest BCUT2D eigenvalue weighted by Gasteiger charge is 2.31. The van der Waals surface area contributed by atoms with E-state index in [2.05, 4.69) is 5.32 Å². The van der Waals surface area contributed by atoms with Gasteiger partial charge >= 0.3 is 18.1 Å². The van der Waals surface area contributed by atoms with Gasteiger partial charge in [-0.1, -0.05) is 29.8 Å². The molecule has 2 atom stereocenters. The fourth-order valence-electron chi connectivity index (χ4n) is 2.58. The molecule has 31 heavy (non-hydrogen) atoms. The Morgan fingerprint density at radius 3 is 2.23 bits per heavy atom. The average molecular weight is 460 g/mol. The number of nitrogens with one attached hydrogen (secondary N) is 1. The maximum absolute atomic E-state index is 12.6. The van der Waals surface area contributed by atoms with E-state index >= 15 is 0 Å². The minimum absolute atomic E-state index is 0.164. The van der Waals surface area contributed by atoms with Crippen molar-refractivity contribution in [1.29, 1.82) is 0 Å². The first-order valence-corrected chi connectivity index (χ1v) is 9.19. The number of carbonyl (C=O) groups is 3. The molecule has 3 N–H and O–H groups in total. The van der Waals surface area contributed by atoms with Crippen molar-refractivity contribution in [3.05, 3.63) is 64.7 Å². The van der Waals surface area contributed by atoms with Crippen LogP contribution in [0.25, 0.3) is 0 Å². The lowest BCUT2D eigenvalue weighted by atomic mass is 10.1. The number of aliphatic carboxylic acids is 2. The fourth-order valence-corrected chi connectivity index (χ4v) is 2.71. The van der Waals surface area contributed by atoms with Gasteiger partial charge in [0.05, 0.1) is 5.56 Å². The summed E-state index contributed by atoms with van der Waals surface area (Å²) in [4.78, 5) is 31.8. The van der Waals surface area contributed by atoms with Crippen molar-refractivity contribution < 1.29 is 42.5 Å². The lowest BCUT2D eigenvalue weighted by molar-refractivity contribution is -0.145. The molecule has 0 saturated carbocycles. The van der Waals surface area contributed by atoms with Gasteiger partial charge in [0.15, 0.2) is 0 Å². The van der Waals surface area contributed by atoms with Crippen molar-refractivity contribution in [2.45, 2.75) is 31.2 Å². The van der Waals surface area contributed by atoms with E-state index in [0.717, 1.165) is 18.2 Å². The SMILES string of the molecule is O=C(O)[C@H](Oc1cccc(C(F)(F)F)c1)c1ccc(Cl)cc1.O=C1CC[C@@H](C(=O)O)N1. The number of carbonyl (C=O) groups excluding carboxylic acids is 1. The Morgan fingerprint density at radius 2 is 1.77 bits per heavy atom. The summed E-state index contributed by atoms with van der Waals surface area (Å²) in [5, 5.41) is 20.2. The van der Waals surface area contributed by atoms with Gasteiger partial charge in [0.1, 0.15) is 11.8 Å². The van der Waals surface area contributed by atoms with Gasteiger partial charge in [-0.25, -0.2) is 9.59 Å². The molecule has 166 valence electrons. The third-order valence-electron chi connectivity index (χ3n) is 4.11. The molecule has 1 aliphatic heterocycles. The van der Waals surface area contributed by atoms with Crippen molar-refractivity contribution in [3.8, 4) is 5.75 Å². The van der Waals surface area contributed by atoms with E-state index in [1.54, 1.807) is 0 Å². The average Bonchev–Trinajstić information content (AvgIpc) is 3.14. The maximum Gasteiger partial charge on any atom is 0.416 e. The molecule has 1 amide bonds. The Labute approximate surface area is 179 Å². The molecule has 11 heteroatoms. The molecule has 1 saturated heterocycles. The van der Waals surface area contributed by atoms with Crippen LogP contribution in [0.3, 0.4) is 0 Å². The molecule has 7 nitrogen and oxygen atoms in total. The lowest BCUT2D eigenvalue weighted by Crippen LogP contribution is -2.32. The first-order valence-electron chi connectivity index (χ1n) is 8.81. The second-order valence-electron chi connectivity index (χ2n) is 6.41. The quantitative estimate of drug-likeness (QED) is 0.624. The van der Waals surface area contributed by atoms with Crippen molar-refractivity contribution in [1.82, 2.24) is 5.32 Å². The van der Waals surface area contributed by atoms with Gasteiger partial charge in [-0.05, 0) is 36.8 Å². The summed E-state index contributed by atoms with van der Waals surface area (Å²) in [5.41, 5.74) is -0.639.